The van der Waals surface area contributed by atoms with Gasteiger partial charge >= 0.3 is 5.69 Å². The first-order valence-corrected chi connectivity index (χ1v) is 5.29. The maximum atomic E-state index is 13.5. The lowest BCUT2D eigenvalue weighted by molar-refractivity contribution is -0.385. The van der Waals surface area contributed by atoms with Gasteiger partial charge in [0.15, 0.2) is 0 Å². The van der Waals surface area contributed by atoms with Crippen molar-refractivity contribution in [1.29, 1.82) is 0 Å². The molecule has 20 heavy (non-hydrogen) atoms. The largest absolute Gasteiger partial charge is 0.497 e. The van der Waals surface area contributed by atoms with Gasteiger partial charge in [-0.25, -0.2) is 4.98 Å². The van der Waals surface area contributed by atoms with E-state index in [-0.39, 0.29) is 17.4 Å². The van der Waals surface area contributed by atoms with Crippen LogP contribution in [0.2, 0.25) is 0 Å². The molecule has 0 fully saturated rings. The van der Waals surface area contributed by atoms with Gasteiger partial charge in [0.25, 0.3) is 5.88 Å². The third kappa shape index (κ3) is 2.71. The number of rotatable bonds is 4. The quantitative estimate of drug-likeness (QED) is 0.672. The fourth-order valence-electron chi connectivity index (χ4n) is 1.39. The van der Waals surface area contributed by atoms with Crippen molar-refractivity contribution < 1.29 is 18.8 Å². The molecule has 1 aromatic heterocycles. The molecule has 1 heterocycles. The van der Waals surface area contributed by atoms with Crippen LogP contribution < -0.4 is 15.2 Å². The smallest absolute Gasteiger partial charge is 0.311 e. The Morgan fingerprint density at radius 1 is 1.45 bits per heavy atom. The number of ether oxygens (including phenoxy) is 2. The van der Waals surface area contributed by atoms with Gasteiger partial charge in [-0.3, -0.25) is 10.1 Å². The van der Waals surface area contributed by atoms with Gasteiger partial charge in [-0.2, -0.15) is 9.37 Å². The summed E-state index contributed by atoms with van der Waals surface area (Å²) in [7, 11) is 1.38. The molecule has 0 saturated carbocycles. The van der Waals surface area contributed by atoms with Gasteiger partial charge in [-0.1, -0.05) is 0 Å². The van der Waals surface area contributed by atoms with E-state index in [1.165, 1.54) is 25.3 Å². The Hall–Kier alpha value is -2.97. The van der Waals surface area contributed by atoms with E-state index in [1.54, 1.807) is 0 Å². The second-order valence-electron chi connectivity index (χ2n) is 3.57. The minimum absolute atomic E-state index is 0.216. The van der Waals surface area contributed by atoms with Crippen LogP contribution in [0.3, 0.4) is 0 Å². The lowest BCUT2D eigenvalue weighted by Crippen LogP contribution is -2.01. The third-order valence-corrected chi connectivity index (χ3v) is 2.30. The van der Waals surface area contributed by atoms with Crippen LogP contribution in [0.25, 0.3) is 0 Å². The Bertz CT molecular complexity index is 665. The number of nitrogen functional groups attached to an aromatic ring is 1. The number of benzene rings is 1. The van der Waals surface area contributed by atoms with Gasteiger partial charge in [0.05, 0.1) is 18.2 Å². The number of nitro benzene ring substituents is 1. The molecule has 9 heteroatoms. The minimum atomic E-state index is -0.892. The van der Waals surface area contributed by atoms with Gasteiger partial charge in [0.1, 0.15) is 5.75 Å². The molecule has 0 aliphatic carbocycles. The van der Waals surface area contributed by atoms with Gasteiger partial charge in [-0.15, -0.1) is 0 Å². The Morgan fingerprint density at radius 3 is 2.85 bits per heavy atom. The molecular weight excluding hydrogens is 271 g/mol. The fraction of sp³-hybridized carbons (Fsp3) is 0.0909. The van der Waals surface area contributed by atoms with Crippen molar-refractivity contribution in [1.82, 2.24) is 9.97 Å². The lowest BCUT2D eigenvalue weighted by atomic mass is 10.3. The van der Waals surface area contributed by atoms with E-state index in [9.17, 15) is 14.5 Å². The molecule has 0 unspecified atom stereocenters. The third-order valence-electron chi connectivity index (χ3n) is 2.30. The molecule has 0 amide bonds. The Kier molecular flexibility index (Phi) is 3.60. The molecule has 0 bridgehead atoms. The average molecular weight is 280 g/mol. The Balaban J connectivity index is 2.45. The number of nitrogens with zero attached hydrogens (tertiary/aromatic N) is 3. The number of halogens is 1. The Morgan fingerprint density at radius 2 is 2.20 bits per heavy atom. The molecule has 2 aromatic rings. The first-order chi connectivity index (χ1) is 9.51. The number of hydrogen-bond donors (Lipinski definition) is 1. The van der Waals surface area contributed by atoms with E-state index in [1.807, 2.05) is 0 Å². The van der Waals surface area contributed by atoms with Crippen LogP contribution >= 0.6 is 0 Å². The monoisotopic (exact) mass is 280 g/mol. The van der Waals surface area contributed by atoms with Crippen molar-refractivity contribution in [2.24, 2.45) is 0 Å². The van der Waals surface area contributed by atoms with Crippen LogP contribution in [0, 0.1) is 15.9 Å². The van der Waals surface area contributed by atoms with E-state index in [2.05, 4.69) is 9.97 Å². The normalized spacial score (nSPS) is 10.1. The molecule has 104 valence electrons. The van der Waals surface area contributed by atoms with Crippen LogP contribution in [0.4, 0.5) is 16.0 Å². The van der Waals surface area contributed by atoms with Crippen LogP contribution in [0.5, 0.6) is 17.4 Å². The molecule has 8 nitrogen and oxygen atoms in total. The molecule has 0 atom stereocenters. The molecule has 0 aliphatic heterocycles. The number of nitro groups is 1. The second-order valence-corrected chi connectivity index (χ2v) is 3.57. The zero-order chi connectivity index (χ0) is 14.7. The zero-order valence-corrected chi connectivity index (χ0v) is 10.2. The molecule has 0 radical (unpaired) electrons. The summed E-state index contributed by atoms with van der Waals surface area (Å²) in [5, 5.41) is 10.9. The first kappa shape index (κ1) is 13.5. The molecule has 2 N–H and O–H groups in total. The molecule has 2 rings (SSSR count). The van der Waals surface area contributed by atoms with Crippen LogP contribution in [-0.4, -0.2) is 22.0 Å². The van der Waals surface area contributed by atoms with Crippen molar-refractivity contribution in [3.05, 3.63) is 40.3 Å². The number of nitrogens with two attached hydrogens (primary N) is 1. The predicted octanol–water partition coefficient (Wildman–Crippen LogP) is 1.91. The summed E-state index contributed by atoms with van der Waals surface area (Å²) in [6.07, 6.45) is 0.809. The summed E-state index contributed by atoms with van der Waals surface area (Å²) in [6, 6.07) is 3.81. The highest BCUT2D eigenvalue weighted by Crippen LogP contribution is 2.34. The zero-order valence-electron chi connectivity index (χ0n) is 10.2. The van der Waals surface area contributed by atoms with Gasteiger partial charge in [0.2, 0.25) is 17.5 Å². The summed E-state index contributed by atoms with van der Waals surface area (Å²) < 4.78 is 23.5. The van der Waals surface area contributed by atoms with E-state index in [0.29, 0.717) is 5.75 Å². The minimum Gasteiger partial charge on any atom is -0.497 e. The number of methoxy groups -OCH3 is 1. The number of aromatic nitrogens is 2. The summed E-state index contributed by atoms with van der Waals surface area (Å²) in [4.78, 5) is 17.2. The highest BCUT2D eigenvalue weighted by atomic mass is 19.1. The van der Waals surface area contributed by atoms with Crippen molar-refractivity contribution in [3.8, 4) is 17.4 Å². The Labute approximate surface area is 112 Å². The maximum Gasteiger partial charge on any atom is 0.311 e. The van der Waals surface area contributed by atoms with Crippen LogP contribution in [-0.2, 0) is 0 Å². The van der Waals surface area contributed by atoms with Crippen molar-refractivity contribution in [3.63, 3.8) is 0 Å². The van der Waals surface area contributed by atoms with Gasteiger partial charge in [0, 0.05) is 12.1 Å². The van der Waals surface area contributed by atoms with E-state index in [0.717, 1.165) is 6.20 Å². The molecule has 1 aromatic carbocycles. The van der Waals surface area contributed by atoms with Gasteiger partial charge < -0.3 is 15.2 Å². The van der Waals surface area contributed by atoms with Crippen LogP contribution in [0.1, 0.15) is 0 Å². The highest BCUT2D eigenvalue weighted by molar-refractivity contribution is 5.52. The fourth-order valence-corrected chi connectivity index (χ4v) is 1.39. The predicted molar refractivity (Wildman–Crippen MR) is 66.1 cm³/mol. The second kappa shape index (κ2) is 5.34. The molecule has 0 spiro atoms. The summed E-state index contributed by atoms with van der Waals surface area (Å²) in [6.45, 7) is 0. The summed E-state index contributed by atoms with van der Waals surface area (Å²) in [5.41, 5.74) is 4.95. The topological polar surface area (TPSA) is 113 Å². The van der Waals surface area contributed by atoms with Crippen molar-refractivity contribution in [2.45, 2.75) is 0 Å². The summed E-state index contributed by atoms with van der Waals surface area (Å²) in [5.74, 6) is -1.52. The van der Waals surface area contributed by atoms with Gasteiger partial charge in [-0.05, 0) is 6.07 Å². The van der Waals surface area contributed by atoms with E-state index < -0.39 is 16.6 Å². The standard InChI is InChI=1S/C11H9FN4O4/c1-19-6-2-3-8(16(17)18)9(4-6)20-10-7(12)5-14-11(13)15-10/h2-5H,1H3,(H2,13,14,15). The summed E-state index contributed by atoms with van der Waals surface area (Å²) >= 11 is 0. The van der Waals surface area contributed by atoms with E-state index >= 15 is 0 Å². The first-order valence-electron chi connectivity index (χ1n) is 5.29. The van der Waals surface area contributed by atoms with E-state index in [4.69, 9.17) is 15.2 Å². The molecule has 0 aliphatic rings. The lowest BCUT2D eigenvalue weighted by Gasteiger charge is -2.08. The number of anilines is 1. The van der Waals surface area contributed by atoms with Crippen molar-refractivity contribution >= 4 is 11.6 Å². The molecule has 0 saturated heterocycles. The average Bonchev–Trinajstić information content (AvgIpc) is 2.42. The van der Waals surface area contributed by atoms with Crippen molar-refractivity contribution in [2.75, 3.05) is 12.8 Å². The SMILES string of the molecule is COc1ccc([N+](=O)[O-])c(Oc2nc(N)ncc2F)c1. The number of hydrogen-bond acceptors (Lipinski definition) is 7. The van der Waals surface area contributed by atoms with Crippen LogP contribution in [0.15, 0.2) is 24.4 Å². The maximum absolute atomic E-state index is 13.5. The molecular formula is C11H9FN4O4. The highest BCUT2D eigenvalue weighted by Gasteiger charge is 2.19.